The zero-order valence-electron chi connectivity index (χ0n) is 34.8. The van der Waals surface area contributed by atoms with E-state index in [1.54, 1.807) is 70.2 Å². The van der Waals surface area contributed by atoms with E-state index in [2.05, 4.69) is 42.0 Å². The highest BCUT2D eigenvalue weighted by molar-refractivity contribution is 5.92. The maximum atomic E-state index is 13.1. The number of anilines is 4. The zero-order valence-corrected chi connectivity index (χ0v) is 34.8. The maximum absolute atomic E-state index is 13.1. The lowest BCUT2D eigenvalue weighted by Gasteiger charge is -2.11. The van der Waals surface area contributed by atoms with E-state index in [1.807, 2.05) is 74.5 Å². The third-order valence-electron chi connectivity index (χ3n) is 9.39. The van der Waals surface area contributed by atoms with E-state index in [4.69, 9.17) is 16.1 Å². The first-order valence-electron chi connectivity index (χ1n) is 19.7. The molecule has 15 nitrogen and oxygen atoms in total. The summed E-state index contributed by atoms with van der Waals surface area (Å²) in [5.74, 6) is -1.04. The minimum atomic E-state index is -1.08. The molecular weight excluding hydrogens is 831 g/mol. The van der Waals surface area contributed by atoms with Crippen LogP contribution >= 0.6 is 0 Å². The number of aromatic carboxylic acids is 1. The Morgan fingerprint density at radius 3 is 1.52 bits per heavy atom. The van der Waals surface area contributed by atoms with Crippen LogP contribution in [0.2, 0.25) is 0 Å². The molecule has 2 atom stereocenters. The van der Waals surface area contributed by atoms with Crippen LogP contribution in [0.15, 0.2) is 159 Å². The number of carboxylic acids is 1. The number of hydrogen-bond acceptors (Lipinski definition) is 11. The van der Waals surface area contributed by atoms with Gasteiger partial charge >= 0.3 is 5.97 Å². The maximum Gasteiger partial charge on any atom is 0.356 e. The molecule has 4 aromatic carbocycles. The van der Waals surface area contributed by atoms with Gasteiger partial charge in [-0.3, -0.25) is 4.79 Å². The van der Waals surface area contributed by atoms with Gasteiger partial charge in [0.2, 0.25) is 0 Å². The lowest BCUT2D eigenvalue weighted by atomic mass is 10.1. The number of hydrogen-bond donors (Lipinski definition) is 5. The molecule has 0 aliphatic carbocycles. The number of benzene rings is 4. The lowest BCUT2D eigenvalue weighted by molar-refractivity contribution is 0.0690. The van der Waals surface area contributed by atoms with Crippen molar-refractivity contribution in [3.63, 3.8) is 0 Å². The third kappa shape index (κ3) is 12.5. The number of nitriles is 2. The number of halogens is 2. The number of nitrogens with two attached hydrogens (primary N) is 1. The van der Waals surface area contributed by atoms with Crippen LogP contribution in [0.1, 0.15) is 55.3 Å². The Morgan fingerprint density at radius 2 is 1.09 bits per heavy atom. The highest BCUT2D eigenvalue weighted by atomic mass is 19.1. The normalized spacial score (nSPS) is 11.2. The van der Waals surface area contributed by atoms with Crippen molar-refractivity contribution in [1.29, 1.82) is 10.5 Å². The van der Waals surface area contributed by atoms with E-state index in [9.17, 15) is 23.6 Å². The van der Waals surface area contributed by atoms with E-state index in [0.717, 1.165) is 28.1 Å². The molecule has 0 saturated carbocycles. The van der Waals surface area contributed by atoms with Crippen LogP contribution in [-0.2, 0) is 0 Å². The fraction of sp³-hybridized carbons (Fsp3) is 0.0833. The fourth-order valence-corrected chi connectivity index (χ4v) is 5.99. The van der Waals surface area contributed by atoms with E-state index in [0.29, 0.717) is 28.6 Å². The van der Waals surface area contributed by atoms with Gasteiger partial charge in [-0.05, 0) is 84.6 Å². The Bertz CT molecular complexity index is 2950. The number of carbonyl (C=O) groups is 2. The predicted octanol–water partition coefficient (Wildman–Crippen LogP) is 8.82. The molecular formula is C48H40F2N12O3. The van der Waals surface area contributed by atoms with Crippen LogP contribution in [0.5, 0.6) is 0 Å². The fourth-order valence-electron chi connectivity index (χ4n) is 5.99. The molecule has 65 heavy (non-hydrogen) atoms. The molecule has 4 aromatic heterocycles. The van der Waals surface area contributed by atoms with Crippen LogP contribution < -0.4 is 21.7 Å². The molecule has 8 aromatic rings. The Balaban J connectivity index is 0.000000184. The smallest absolute Gasteiger partial charge is 0.356 e. The number of imidazole rings is 2. The van der Waals surface area contributed by atoms with Crippen LogP contribution in [0.3, 0.4) is 0 Å². The van der Waals surface area contributed by atoms with E-state index in [1.165, 1.54) is 43.1 Å². The molecule has 4 heterocycles. The van der Waals surface area contributed by atoms with Gasteiger partial charge in [0.05, 0.1) is 23.5 Å². The van der Waals surface area contributed by atoms with Gasteiger partial charge in [-0.2, -0.15) is 10.5 Å². The topological polar surface area (TPSA) is 225 Å². The summed E-state index contributed by atoms with van der Waals surface area (Å²) < 4.78 is 29.4. The van der Waals surface area contributed by atoms with Gasteiger partial charge in [-0.1, -0.05) is 60.7 Å². The van der Waals surface area contributed by atoms with Gasteiger partial charge in [0.15, 0.2) is 5.69 Å². The number of aryl methyl sites for hydroxylation is 2. The number of rotatable bonds is 11. The van der Waals surface area contributed by atoms with Crippen LogP contribution in [0.4, 0.5) is 31.8 Å². The summed E-state index contributed by atoms with van der Waals surface area (Å²) >= 11 is 0. The SMILES string of the molecule is Cc1cnc(Nc2ccc(F)cc2)cc1-n1cnc(C(=O)NC(C#N)c2ccccc2)c1.Cc1cnc(Nc2ccc(F)cc2)cc1-n1cnc(C(=O)O)c1.N#CC(N)c1ccccc1. The molecule has 0 aliphatic heterocycles. The summed E-state index contributed by atoms with van der Waals surface area (Å²) in [4.78, 5) is 40.3. The highest BCUT2D eigenvalue weighted by Crippen LogP contribution is 2.23. The summed E-state index contributed by atoms with van der Waals surface area (Å²) in [5.41, 5.74) is 11.8. The number of nitrogens with one attached hydrogen (secondary N) is 3. The standard InChI is InChI=1S/C24H19FN6O.C16H13FN4O2.C8H8N2/c1-16-13-27-23(29-19-9-7-18(25)8-10-19)11-22(16)31-14-21(28-15-31)24(32)30-20(12-26)17-5-3-2-4-6-17;1-10-7-18-15(20-12-4-2-11(17)3-5-12)6-14(10)21-8-13(16(22)23)19-9-21;9-6-8(10)7-4-2-1-3-5-7/h2-11,13-15,20H,1H3,(H,27,29)(H,30,32);2-9H,1H3,(H,18,20)(H,22,23);1-5,8H,10H2. The molecule has 0 saturated heterocycles. The molecule has 6 N–H and O–H groups in total. The van der Waals surface area contributed by atoms with Crippen molar-refractivity contribution in [2.24, 2.45) is 5.73 Å². The van der Waals surface area contributed by atoms with E-state index >= 15 is 0 Å². The molecule has 0 aliphatic rings. The average molecular weight is 871 g/mol. The Morgan fingerprint density at radius 1 is 0.646 bits per heavy atom. The second-order valence-corrected chi connectivity index (χ2v) is 14.1. The van der Waals surface area contributed by atoms with Crippen molar-refractivity contribution in [2.45, 2.75) is 25.9 Å². The minimum Gasteiger partial charge on any atom is -0.476 e. The number of carboxylic acid groups (broad SMARTS) is 1. The van der Waals surface area contributed by atoms with Crippen molar-refractivity contribution < 1.29 is 23.5 Å². The van der Waals surface area contributed by atoms with Crippen LogP contribution in [0.25, 0.3) is 11.4 Å². The molecule has 17 heteroatoms. The Hall–Kier alpha value is -9.06. The van der Waals surface area contributed by atoms with E-state index in [-0.39, 0.29) is 23.0 Å². The molecule has 1 amide bonds. The van der Waals surface area contributed by atoms with Gasteiger partial charge in [-0.15, -0.1) is 0 Å². The first kappa shape index (κ1) is 45.5. The van der Waals surface area contributed by atoms with Crippen LogP contribution in [0, 0.1) is 48.1 Å². The number of pyridine rings is 2. The predicted molar refractivity (Wildman–Crippen MR) is 240 cm³/mol. The number of aromatic nitrogens is 6. The molecule has 0 spiro atoms. The second-order valence-electron chi connectivity index (χ2n) is 14.1. The number of nitrogens with zero attached hydrogens (tertiary/aromatic N) is 8. The Labute approximate surface area is 372 Å². The monoisotopic (exact) mass is 870 g/mol. The van der Waals surface area contributed by atoms with Crippen molar-refractivity contribution in [3.05, 3.63) is 204 Å². The quantitative estimate of drug-likeness (QED) is 0.0822. The largest absolute Gasteiger partial charge is 0.476 e. The summed E-state index contributed by atoms with van der Waals surface area (Å²) in [6.07, 6.45) is 9.37. The second kappa shape index (κ2) is 21.6. The third-order valence-corrected chi connectivity index (χ3v) is 9.39. The molecule has 8 rings (SSSR count). The van der Waals surface area contributed by atoms with E-state index < -0.39 is 24.0 Å². The summed E-state index contributed by atoms with van der Waals surface area (Å²) in [6, 6.07) is 36.6. The number of amides is 1. The average Bonchev–Trinajstić information content (AvgIpc) is 4.04. The van der Waals surface area contributed by atoms with Crippen molar-refractivity contribution in [2.75, 3.05) is 10.6 Å². The van der Waals surface area contributed by atoms with Crippen molar-refractivity contribution >= 4 is 34.9 Å². The molecule has 0 bridgehead atoms. The van der Waals surface area contributed by atoms with Crippen molar-refractivity contribution in [3.8, 4) is 23.5 Å². The summed E-state index contributed by atoms with van der Waals surface area (Å²) in [5, 5.41) is 35.7. The molecule has 2 unspecified atom stereocenters. The highest BCUT2D eigenvalue weighted by Gasteiger charge is 2.18. The van der Waals surface area contributed by atoms with Gasteiger partial charge < -0.3 is 35.9 Å². The van der Waals surface area contributed by atoms with Gasteiger partial charge in [0.1, 0.15) is 53.7 Å². The lowest BCUT2D eigenvalue weighted by Crippen LogP contribution is -2.27. The Kier molecular flexibility index (Phi) is 15.1. The van der Waals surface area contributed by atoms with Gasteiger partial charge in [-0.25, -0.2) is 33.5 Å². The number of carbonyl (C=O) groups excluding carboxylic acids is 1. The first-order valence-corrected chi connectivity index (χ1v) is 19.7. The summed E-state index contributed by atoms with van der Waals surface area (Å²) in [7, 11) is 0. The van der Waals surface area contributed by atoms with Gasteiger partial charge in [0.25, 0.3) is 5.91 Å². The zero-order chi connectivity index (χ0) is 46.3. The van der Waals surface area contributed by atoms with Crippen molar-refractivity contribution in [1.82, 2.24) is 34.4 Å². The van der Waals surface area contributed by atoms with Crippen LogP contribution in [-0.4, -0.2) is 46.1 Å². The molecule has 0 radical (unpaired) electrons. The molecule has 324 valence electrons. The molecule has 0 fully saturated rings. The van der Waals surface area contributed by atoms with Gasteiger partial charge in [0, 0.05) is 48.3 Å². The first-order chi connectivity index (χ1) is 31.4. The minimum absolute atomic E-state index is 0.0331. The summed E-state index contributed by atoms with van der Waals surface area (Å²) in [6.45, 7) is 3.76.